The van der Waals surface area contributed by atoms with Crippen LogP contribution in [0.25, 0.3) is 0 Å². The van der Waals surface area contributed by atoms with Crippen LogP contribution in [0.1, 0.15) is 38.5 Å². The molecule has 1 aliphatic carbocycles. The molecule has 0 radical (unpaired) electrons. The monoisotopic (exact) mass is 335 g/mol. The van der Waals surface area contributed by atoms with Gasteiger partial charge in [-0.05, 0) is 18.8 Å². The van der Waals surface area contributed by atoms with Crippen LogP contribution in [0.2, 0.25) is 0 Å². The Morgan fingerprint density at radius 3 is 2.62 bits per heavy atom. The molecule has 0 aromatic heterocycles. The average Bonchev–Trinajstić information content (AvgIpc) is 3.50. The number of amides is 1. The van der Waals surface area contributed by atoms with Gasteiger partial charge in [-0.1, -0.05) is 0 Å². The highest BCUT2D eigenvalue weighted by Gasteiger charge is 2.59. The van der Waals surface area contributed by atoms with Crippen LogP contribution in [0.3, 0.4) is 0 Å². The van der Waals surface area contributed by atoms with Gasteiger partial charge in [0.25, 0.3) is 0 Å². The van der Waals surface area contributed by atoms with Gasteiger partial charge in [0.05, 0.1) is 13.7 Å². The van der Waals surface area contributed by atoms with Crippen LogP contribution in [-0.2, 0) is 14.3 Å². The van der Waals surface area contributed by atoms with E-state index in [2.05, 4.69) is 20.9 Å². The van der Waals surface area contributed by atoms with Crippen molar-refractivity contribution in [1.82, 2.24) is 4.90 Å². The number of carbonyl (C=O) groups excluding carboxylic acids is 2. The summed E-state index contributed by atoms with van der Waals surface area (Å²) in [6.07, 6.45) is 8.96. The molecule has 1 saturated heterocycles. The van der Waals surface area contributed by atoms with E-state index in [-0.39, 0.29) is 31.3 Å². The zero-order valence-electron chi connectivity index (χ0n) is 13.8. The molecule has 2 unspecified atom stereocenters. The van der Waals surface area contributed by atoms with Crippen LogP contribution in [0.5, 0.6) is 0 Å². The second-order valence-corrected chi connectivity index (χ2v) is 6.96. The third-order valence-corrected chi connectivity index (χ3v) is 5.29. The van der Waals surface area contributed by atoms with Gasteiger partial charge in [0.2, 0.25) is 11.6 Å². The Balaban J connectivity index is 1.58. The van der Waals surface area contributed by atoms with Crippen LogP contribution in [0.15, 0.2) is 10.2 Å². The van der Waals surface area contributed by atoms with Gasteiger partial charge in [0.1, 0.15) is 0 Å². The summed E-state index contributed by atoms with van der Waals surface area (Å²) >= 11 is 0. The normalized spacial score (nSPS) is 30.0. The van der Waals surface area contributed by atoms with E-state index in [0.29, 0.717) is 19.3 Å². The van der Waals surface area contributed by atoms with Crippen LogP contribution in [0.4, 0.5) is 4.39 Å². The van der Waals surface area contributed by atoms with Crippen molar-refractivity contribution in [2.75, 3.05) is 20.2 Å². The molecule has 130 valence electrons. The fourth-order valence-corrected chi connectivity index (χ4v) is 3.57. The summed E-state index contributed by atoms with van der Waals surface area (Å²) < 4.78 is 19.8. The van der Waals surface area contributed by atoms with Crippen LogP contribution in [-0.4, -0.2) is 48.3 Å². The number of hydrogen-bond donors (Lipinski definition) is 0. The number of nitrogens with zero attached hydrogens (tertiary/aromatic N) is 3. The predicted octanol–water partition coefficient (Wildman–Crippen LogP) is 2.09. The Bertz CT molecular complexity index is 605. The summed E-state index contributed by atoms with van der Waals surface area (Å²) in [5.41, 5.74) is -2.60. The number of terminal acetylenes is 1. The molecule has 0 aromatic carbocycles. The summed E-state index contributed by atoms with van der Waals surface area (Å²) in [6.45, 7) is 0.0616. The van der Waals surface area contributed by atoms with E-state index in [0.717, 1.165) is 12.8 Å². The first kappa shape index (κ1) is 16.9. The number of likely N-dealkylation sites (tertiary alicyclic amines) is 1. The lowest BCUT2D eigenvalue weighted by Crippen LogP contribution is -2.44. The molecule has 0 bridgehead atoms. The van der Waals surface area contributed by atoms with Crippen LogP contribution >= 0.6 is 0 Å². The van der Waals surface area contributed by atoms with Crippen molar-refractivity contribution in [2.45, 2.75) is 49.9 Å². The van der Waals surface area contributed by atoms with E-state index in [1.54, 1.807) is 0 Å². The number of halogens is 1. The van der Waals surface area contributed by atoms with Crippen molar-refractivity contribution in [3.63, 3.8) is 0 Å². The highest BCUT2D eigenvalue weighted by atomic mass is 19.1. The SMILES string of the molecule is C#CCCC1(CCC(=O)N2CC(C3CC3)C(F)(C(=O)OC)C2)N=N1. The summed E-state index contributed by atoms with van der Waals surface area (Å²) in [5.74, 6) is 1.22. The Kier molecular flexibility index (Phi) is 4.33. The number of hydrogen-bond acceptors (Lipinski definition) is 5. The van der Waals surface area contributed by atoms with Gasteiger partial charge in [-0.3, -0.25) is 4.79 Å². The molecule has 3 aliphatic rings. The number of alkyl halides is 1. The van der Waals surface area contributed by atoms with Gasteiger partial charge < -0.3 is 9.64 Å². The summed E-state index contributed by atoms with van der Waals surface area (Å²) in [4.78, 5) is 25.8. The first-order valence-corrected chi connectivity index (χ1v) is 8.37. The first-order valence-electron chi connectivity index (χ1n) is 8.37. The maximum atomic E-state index is 15.2. The quantitative estimate of drug-likeness (QED) is 0.528. The summed E-state index contributed by atoms with van der Waals surface area (Å²) in [5, 5.41) is 8.01. The van der Waals surface area contributed by atoms with E-state index in [1.807, 2.05) is 0 Å². The number of esters is 1. The second-order valence-electron chi connectivity index (χ2n) is 6.96. The van der Waals surface area contributed by atoms with E-state index >= 15 is 4.39 Å². The minimum atomic E-state index is -2.08. The highest BCUT2D eigenvalue weighted by Crippen LogP contribution is 2.48. The smallest absolute Gasteiger partial charge is 0.345 e. The molecule has 2 aliphatic heterocycles. The number of carbonyl (C=O) groups is 2. The van der Waals surface area contributed by atoms with Crippen molar-refractivity contribution >= 4 is 11.9 Å². The highest BCUT2D eigenvalue weighted by molar-refractivity contribution is 5.84. The number of rotatable bonds is 7. The lowest BCUT2D eigenvalue weighted by molar-refractivity contribution is -0.157. The Hall–Kier alpha value is -1.97. The first-order chi connectivity index (χ1) is 11.4. The lowest BCUT2D eigenvalue weighted by atomic mass is 9.88. The lowest BCUT2D eigenvalue weighted by Gasteiger charge is -2.22. The van der Waals surface area contributed by atoms with Crippen molar-refractivity contribution < 1.29 is 18.7 Å². The summed E-state index contributed by atoms with van der Waals surface area (Å²) in [7, 11) is 1.18. The van der Waals surface area contributed by atoms with E-state index < -0.39 is 23.2 Å². The van der Waals surface area contributed by atoms with E-state index in [4.69, 9.17) is 6.42 Å². The fourth-order valence-electron chi connectivity index (χ4n) is 3.57. The maximum absolute atomic E-state index is 15.2. The predicted molar refractivity (Wildman–Crippen MR) is 83.5 cm³/mol. The molecule has 0 N–H and O–H groups in total. The van der Waals surface area contributed by atoms with Crippen molar-refractivity contribution in [1.29, 1.82) is 0 Å². The molecule has 2 fully saturated rings. The molecule has 1 saturated carbocycles. The maximum Gasteiger partial charge on any atom is 0.345 e. The zero-order valence-corrected chi connectivity index (χ0v) is 13.8. The molecular formula is C17H22FN3O3. The Labute approximate surface area is 140 Å². The molecule has 7 heteroatoms. The molecule has 2 heterocycles. The topological polar surface area (TPSA) is 71.3 Å². The minimum absolute atomic E-state index is 0.165. The molecule has 24 heavy (non-hydrogen) atoms. The van der Waals surface area contributed by atoms with Gasteiger partial charge in [0.15, 0.2) is 5.66 Å². The third kappa shape index (κ3) is 3.14. The standard InChI is InChI=1S/C17H22FN3O3/c1-3-4-8-16(19-20-16)9-7-14(22)21-10-13(12-5-6-12)17(18,11-21)15(23)24-2/h1,12-13H,4-11H2,2H3. The summed E-state index contributed by atoms with van der Waals surface area (Å²) in [6, 6.07) is 0. The van der Waals surface area contributed by atoms with Gasteiger partial charge in [0, 0.05) is 38.1 Å². The molecule has 1 amide bonds. The minimum Gasteiger partial charge on any atom is -0.467 e. The van der Waals surface area contributed by atoms with Crippen molar-refractivity contribution in [3.8, 4) is 12.3 Å². The van der Waals surface area contributed by atoms with Gasteiger partial charge >= 0.3 is 5.97 Å². The van der Waals surface area contributed by atoms with Gasteiger partial charge in [-0.15, -0.1) is 12.3 Å². The average molecular weight is 335 g/mol. The van der Waals surface area contributed by atoms with Crippen LogP contribution < -0.4 is 0 Å². The number of ether oxygens (including phenoxy) is 1. The molecular weight excluding hydrogens is 313 g/mol. The van der Waals surface area contributed by atoms with Gasteiger partial charge in [-0.2, -0.15) is 10.2 Å². The largest absolute Gasteiger partial charge is 0.467 e. The molecule has 6 nitrogen and oxygen atoms in total. The Morgan fingerprint density at radius 1 is 1.38 bits per heavy atom. The van der Waals surface area contributed by atoms with E-state index in [1.165, 1.54) is 12.0 Å². The molecule has 3 rings (SSSR count). The molecule has 2 atom stereocenters. The van der Waals surface area contributed by atoms with Crippen molar-refractivity contribution in [2.24, 2.45) is 22.1 Å². The number of methoxy groups -OCH3 is 1. The fraction of sp³-hybridized carbons (Fsp3) is 0.765. The zero-order chi connectivity index (χ0) is 17.4. The van der Waals surface area contributed by atoms with Gasteiger partial charge in [-0.25, -0.2) is 9.18 Å². The van der Waals surface area contributed by atoms with Crippen LogP contribution in [0, 0.1) is 24.2 Å². The van der Waals surface area contributed by atoms with Crippen molar-refractivity contribution in [3.05, 3.63) is 0 Å². The van der Waals surface area contributed by atoms with E-state index in [9.17, 15) is 9.59 Å². The second kappa shape index (κ2) is 6.15. The molecule has 0 aromatic rings. The molecule has 0 spiro atoms. The third-order valence-electron chi connectivity index (χ3n) is 5.29. The Morgan fingerprint density at radius 2 is 2.08 bits per heavy atom.